The maximum absolute atomic E-state index is 12.6. The van der Waals surface area contributed by atoms with Gasteiger partial charge in [0, 0.05) is 43.0 Å². The molecule has 1 fully saturated rings. The first-order valence-corrected chi connectivity index (χ1v) is 9.87. The predicted molar refractivity (Wildman–Crippen MR) is 100 cm³/mol. The molecule has 1 heterocycles. The van der Waals surface area contributed by atoms with Crippen molar-refractivity contribution in [1.29, 1.82) is 0 Å². The molecule has 0 unspecified atom stereocenters. The van der Waals surface area contributed by atoms with Gasteiger partial charge in [-0.15, -0.1) is 0 Å². The molecule has 0 radical (unpaired) electrons. The normalized spacial score (nSPS) is 14.9. The van der Waals surface area contributed by atoms with Crippen LogP contribution in [0.5, 0.6) is 0 Å². The summed E-state index contributed by atoms with van der Waals surface area (Å²) in [6.07, 6.45) is 0. The molecule has 4 N–H and O–H groups in total. The predicted octanol–water partition coefficient (Wildman–Crippen LogP) is 0.514. The summed E-state index contributed by atoms with van der Waals surface area (Å²) in [5.41, 5.74) is 7.16. The molecule has 2 aromatic carbocycles. The van der Waals surface area contributed by atoms with Crippen LogP contribution >= 0.6 is 0 Å². The number of hydrogen-bond donors (Lipinski definition) is 2. The number of carbonyl (C=O) groups excluding carboxylic acids is 2. The quantitative estimate of drug-likeness (QED) is 0.741. The molecule has 27 heavy (non-hydrogen) atoms. The number of primary sulfonamides is 1. The van der Waals surface area contributed by atoms with Crippen LogP contribution in [0, 0.1) is 0 Å². The number of nitrogens with zero attached hydrogens (tertiary/aromatic N) is 2. The minimum absolute atomic E-state index is 0.0436. The molecule has 0 spiro atoms. The molecule has 1 saturated heterocycles. The molecule has 0 atom stereocenters. The van der Waals surface area contributed by atoms with Crippen molar-refractivity contribution in [1.82, 2.24) is 9.80 Å². The van der Waals surface area contributed by atoms with Crippen molar-refractivity contribution in [3.05, 3.63) is 59.7 Å². The third kappa shape index (κ3) is 4.26. The minimum Gasteiger partial charge on any atom is -0.399 e. The van der Waals surface area contributed by atoms with Gasteiger partial charge < -0.3 is 15.5 Å². The lowest BCUT2D eigenvalue weighted by Crippen LogP contribution is -2.50. The molecule has 2 aromatic rings. The maximum atomic E-state index is 12.6. The van der Waals surface area contributed by atoms with Crippen LogP contribution in [-0.2, 0) is 10.0 Å². The van der Waals surface area contributed by atoms with E-state index in [0.717, 1.165) is 0 Å². The average molecular weight is 388 g/mol. The smallest absolute Gasteiger partial charge is 0.253 e. The first-order valence-electron chi connectivity index (χ1n) is 8.32. The molecule has 0 saturated carbocycles. The van der Waals surface area contributed by atoms with Gasteiger partial charge in [-0.25, -0.2) is 13.6 Å². The van der Waals surface area contributed by atoms with Crippen LogP contribution in [0.25, 0.3) is 0 Å². The summed E-state index contributed by atoms with van der Waals surface area (Å²) in [7, 11) is -3.79. The van der Waals surface area contributed by atoms with Crippen molar-refractivity contribution < 1.29 is 18.0 Å². The summed E-state index contributed by atoms with van der Waals surface area (Å²) in [6.45, 7) is 1.64. The summed E-state index contributed by atoms with van der Waals surface area (Å²) < 4.78 is 22.6. The summed E-state index contributed by atoms with van der Waals surface area (Å²) in [5, 5.41) is 5.06. The van der Waals surface area contributed by atoms with E-state index in [2.05, 4.69) is 0 Å². The van der Waals surface area contributed by atoms with Crippen LogP contribution in [0.3, 0.4) is 0 Å². The number of carbonyl (C=O) groups is 2. The third-order valence-electron chi connectivity index (χ3n) is 4.44. The lowest BCUT2D eigenvalue weighted by Gasteiger charge is -2.35. The largest absolute Gasteiger partial charge is 0.399 e. The van der Waals surface area contributed by atoms with E-state index in [1.807, 2.05) is 0 Å². The number of nitrogens with two attached hydrogens (primary N) is 2. The Morgan fingerprint density at radius 3 is 1.48 bits per heavy atom. The van der Waals surface area contributed by atoms with Gasteiger partial charge in [0.1, 0.15) is 0 Å². The molecule has 8 nitrogen and oxygen atoms in total. The van der Waals surface area contributed by atoms with Crippen molar-refractivity contribution in [3.8, 4) is 0 Å². The van der Waals surface area contributed by atoms with E-state index >= 15 is 0 Å². The van der Waals surface area contributed by atoms with Gasteiger partial charge in [-0.2, -0.15) is 0 Å². The highest BCUT2D eigenvalue weighted by Gasteiger charge is 2.25. The Morgan fingerprint density at radius 2 is 1.11 bits per heavy atom. The van der Waals surface area contributed by atoms with Crippen molar-refractivity contribution in [2.24, 2.45) is 5.14 Å². The molecular weight excluding hydrogens is 368 g/mol. The van der Waals surface area contributed by atoms with Crippen LogP contribution in [0.2, 0.25) is 0 Å². The van der Waals surface area contributed by atoms with Gasteiger partial charge >= 0.3 is 0 Å². The number of nitrogen functional groups attached to an aromatic ring is 1. The highest BCUT2D eigenvalue weighted by Crippen LogP contribution is 2.15. The highest BCUT2D eigenvalue weighted by molar-refractivity contribution is 7.89. The van der Waals surface area contributed by atoms with Crippen LogP contribution in [0.1, 0.15) is 20.7 Å². The molecule has 9 heteroatoms. The van der Waals surface area contributed by atoms with E-state index in [0.29, 0.717) is 43.0 Å². The van der Waals surface area contributed by atoms with Gasteiger partial charge in [0.15, 0.2) is 0 Å². The van der Waals surface area contributed by atoms with E-state index in [9.17, 15) is 18.0 Å². The summed E-state index contributed by atoms with van der Waals surface area (Å²) in [5.74, 6) is -0.310. The summed E-state index contributed by atoms with van der Waals surface area (Å²) in [4.78, 5) is 28.4. The molecule has 0 aliphatic carbocycles. The second-order valence-corrected chi connectivity index (χ2v) is 7.84. The Labute approximate surface area is 157 Å². The number of hydrogen-bond acceptors (Lipinski definition) is 5. The van der Waals surface area contributed by atoms with E-state index in [-0.39, 0.29) is 16.7 Å². The number of piperazine rings is 1. The summed E-state index contributed by atoms with van der Waals surface area (Å²) >= 11 is 0. The standard InChI is InChI=1S/C18H20N4O4S/c19-15-5-1-13(2-6-15)17(23)21-9-11-22(12-10-21)18(24)14-3-7-16(8-4-14)27(20,25)26/h1-8H,9-12,19H2,(H2,20,25,26). The van der Waals surface area contributed by atoms with Gasteiger partial charge in [0.25, 0.3) is 11.8 Å². The number of anilines is 1. The van der Waals surface area contributed by atoms with Crippen LogP contribution < -0.4 is 10.9 Å². The van der Waals surface area contributed by atoms with E-state index in [1.54, 1.807) is 34.1 Å². The van der Waals surface area contributed by atoms with E-state index in [1.165, 1.54) is 24.3 Å². The zero-order chi connectivity index (χ0) is 19.6. The molecule has 1 aliphatic heterocycles. The molecule has 3 rings (SSSR count). The molecule has 0 bridgehead atoms. The van der Waals surface area contributed by atoms with Crippen molar-refractivity contribution >= 4 is 27.5 Å². The second-order valence-electron chi connectivity index (χ2n) is 6.28. The SMILES string of the molecule is Nc1ccc(C(=O)N2CCN(C(=O)c3ccc(S(N)(=O)=O)cc3)CC2)cc1. The maximum Gasteiger partial charge on any atom is 0.253 e. The van der Waals surface area contributed by atoms with Crippen molar-refractivity contribution in [2.45, 2.75) is 4.90 Å². The lowest BCUT2D eigenvalue weighted by atomic mass is 10.1. The second kappa shape index (κ2) is 7.37. The monoisotopic (exact) mass is 388 g/mol. The van der Waals surface area contributed by atoms with Crippen molar-refractivity contribution in [3.63, 3.8) is 0 Å². The number of benzene rings is 2. The zero-order valence-electron chi connectivity index (χ0n) is 14.5. The Morgan fingerprint density at radius 1 is 0.741 bits per heavy atom. The van der Waals surface area contributed by atoms with Gasteiger partial charge in [0.2, 0.25) is 10.0 Å². The number of amides is 2. The zero-order valence-corrected chi connectivity index (χ0v) is 15.4. The first-order chi connectivity index (χ1) is 12.8. The third-order valence-corrected chi connectivity index (χ3v) is 5.37. The average Bonchev–Trinajstić information content (AvgIpc) is 2.67. The van der Waals surface area contributed by atoms with Gasteiger partial charge in [-0.1, -0.05) is 0 Å². The molecule has 142 valence electrons. The van der Waals surface area contributed by atoms with Gasteiger partial charge in [-0.05, 0) is 48.5 Å². The van der Waals surface area contributed by atoms with Crippen LogP contribution in [-0.4, -0.2) is 56.2 Å². The Balaban J connectivity index is 1.62. The number of sulfonamides is 1. The Hall–Kier alpha value is -2.91. The molecule has 2 amide bonds. The fourth-order valence-electron chi connectivity index (χ4n) is 2.89. The summed E-state index contributed by atoms with van der Waals surface area (Å²) in [6, 6.07) is 12.2. The van der Waals surface area contributed by atoms with E-state index in [4.69, 9.17) is 10.9 Å². The van der Waals surface area contributed by atoms with E-state index < -0.39 is 10.0 Å². The van der Waals surface area contributed by atoms with Gasteiger partial charge in [0.05, 0.1) is 4.90 Å². The van der Waals surface area contributed by atoms with Crippen LogP contribution in [0.15, 0.2) is 53.4 Å². The minimum atomic E-state index is -3.79. The lowest BCUT2D eigenvalue weighted by molar-refractivity contribution is 0.0535. The molecule has 0 aromatic heterocycles. The van der Waals surface area contributed by atoms with Gasteiger partial charge in [-0.3, -0.25) is 9.59 Å². The highest BCUT2D eigenvalue weighted by atomic mass is 32.2. The first kappa shape index (κ1) is 18.9. The molecular formula is C18H20N4O4S. The van der Waals surface area contributed by atoms with Crippen LogP contribution in [0.4, 0.5) is 5.69 Å². The fourth-order valence-corrected chi connectivity index (χ4v) is 3.41. The fraction of sp³-hybridized carbons (Fsp3) is 0.222. The molecule has 1 aliphatic rings. The van der Waals surface area contributed by atoms with Crippen molar-refractivity contribution in [2.75, 3.05) is 31.9 Å². The Kier molecular flexibility index (Phi) is 5.15. The number of rotatable bonds is 3. The Bertz CT molecular complexity index is 948. The topological polar surface area (TPSA) is 127 Å².